The molecule has 0 aliphatic carbocycles. The maximum Gasteiger partial charge on any atom is 0.137 e. The molecule has 0 N–H and O–H groups in total. The molecule has 2 aliphatic rings. The summed E-state index contributed by atoms with van der Waals surface area (Å²) in [4.78, 5) is 5.92. The first-order chi connectivity index (χ1) is 8.03. The first kappa shape index (κ1) is 12.9. The Balaban J connectivity index is 1.84. The SMILES string of the molecule is CCCCCCC1CC2(C#N)CC(C)(C)ON12. The molecule has 0 amide bonds. The van der Waals surface area contributed by atoms with E-state index in [9.17, 15) is 5.26 Å². The van der Waals surface area contributed by atoms with Gasteiger partial charge in [-0.05, 0) is 26.7 Å². The van der Waals surface area contributed by atoms with Crippen LogP contribution in [-0.4, -0.2) is 22.2 Å². The van der Waals surface area contributed by atoms with E-state index in [0.717, 1.165) is 12.8 Å². The van der Waals surface area contributed by atoms with Gasteiger partial charge in [0.25, 0.3) is 0 Å². The highest BCUT2D eigenvalue weighted by molar-refractivity contribution is 5.20. The summed E-state index contributed by atoms with van der Waals surface area (Å²) in [7, 11) is 0. The average molecular weight is 236 g/mol. The summed E-state index contributed by atoms with van der Waals surface area (Å²) < 4.78 is 0. The monoisotopic (exact) mass is 236 g/mol. The molecule has 17 heavy (non-hydrogen) atoms. The van der Waals surface area contributed by atoms with E-state index in [0.29, 0.717) is 6.04 Å². The first-order valence-corrected chi connectivity index (χ1v) is 6.93. The Morgan fingerprint density at radius 1 is 1.35 bits per heavy atom. The molecule has 0 aromatic carbocycles. The molecule has 0 bridgehead atoms. The highest BCUT2D eigenvalue weighted by atomic mass is 16.7. The topological polar surface area (TPSA) is 36.3 Å². The van der Waals surface area contributed by atoms with Gasteiger partial charge in [0.1, 0.15) is 5.54 Å². The minimum Gasteiger partial charge on any atom is -0.291 e. The molecule has 96 valence electrons. The summed E-state index contributed by atoms with van der Waals surface area (Å²) in [6, 6.07) is 2.94. The van der Waals surface area contributed by atoms with Crippen LogP contribution in [0.25, 0.3) is 0 Å². The van der Waals surface area contributed by atoms with Crippen LogP contribution in [-0.2, 0) is 4.84 Å². The standard InChI is InChI=1S/C14H24N2O/c1-4-5-6-7-8-12-9-14(11-15)10-13(2,3)17-16(12)14/h12H,4-10H2,1-3H3. The van der Waals surface area contributed by atoms with Gasteiger partial charge in [0, 0.05) is 12.5 Å². The van der Waals surface area contributed by atoms with Gasteiger partial charge in [-0.2, -0.15) is 10.3 Å². The molecule has 2 atom stereocenters. The molecule has 0 aromatic heterocycles. The van der Waals surface area contributed by atoms with Gasteiger partial charge in [0.05, 0.1) is 11.7 Å². The molecule has 2 saturated heterocycles. The Kier molecular flexibility index (Phi) is 3.47. The maximum absolute atomic E-state index is 9.33. The van der Waals surface area contributed by atoms with Crippen LogP contribution in [0.1, 0.15) is 65.7 Å². The van der Waals surface area contributed by atoms with E-state index in [4.69, 9.17) is 4.84 Å². The van der Waals surface area contributed by atoms with Crippen molar-refractivity contribution in [1.29, 1.82) is 5.26 Å². The minimum atomic E-state index is -0.307. The van der Waals surface area contributed by atoms with Gasteiger partial charge < -0.3 is 0 Å². The Bertz CT molecular complexity index is 321. The fourth-order valence-corrected chi connectivity index (χ4v) is 3.28. The Morgan fingerprint density at radius 2 is 2.12 bits per heavy atom. The van der Waals surface area contributed by atoms with E-state index < -0.39 is 0 Å². The van der Waals surface area contributed by atoms with Gasteiger partial charge in [0.15, 0.2) is 0 Å². The van der Waals surface area contributed by atoms with Crippen LogP contribution in [0.2, 0.25) is 0 Å². The lowest BCUT2D eigenvalue weighted by Gasteiger charge is -2.47. The normalized spacial score (nSPS) is 35.1. The number of fused-ring (bicyclic) bond motifs is 1. The number of rotatable bonds is 5. The highest BCUT2D eigenvalue weighted by Crippen LogP contribution is 2.51. The van der Waals surface area contributed by atoms with E-state index >= 15 is 0 Å². The van der Waals surface area contributed by atoms with Crippen molar-refractivity contribution in [3.05, 3.63) is 0 Å². The van der Waals surface area contributed by atoms with Gasteiger partial charge >= 0.3 is 0 Å². The zero-order valence-corrected chi connectivity index (χ0v) is 11.3. The van der Waals surface area contributed by atoms with Crippen molar-refractivity contribution in [2.45, 2.75) is 82.9 Å². The Hall–Kier alpha value is -0.590. The number of nitrogens with zero attached hydrogens (tertiary/aromatic N) is 2. The molecule has 2 fully saturated rings. The molecular formula is C14H24N2O. The van der Waals surface area contributed by atoms with Crippen LogP contribution in [0.4, 0.5) is 0 Å². The van der Waals surface area contributed by atoms with Crippen molar-refractivity contribution in [3.63, 3.8) is 0 Å². The molecule has 2 unspecified atom stereocenters. The quantitative estimate of drug-likeness (QED) is 0.686. The fourth-order valence-electron chi connectivity index (χ4n) is 3.28. The van der Waals surface area contributed by atoms with E-state index in [1.54, 1.807) is 0 Å². The van der Waals surface area contributed by atoms with Crippen molar-refractivity contribution in [1.82, 2.24) is 5.06 Å². The molecule has 2 aliphatic heterocycles. The predicted octanol–water partition coefficient (Wildman–Crippen LogP) is 3.41. The lowest BCUT2D eigenvalue weighted by Crippen LogP contribution is -2.60. The Morgan fingerprint density at radius 3 is 2.76 bits per heavy atom. The van der Waals surface area contributed by atoms with Gasteiger partial charge in [-0.15, -0.1) is 0 Å². The van der Waals surface area contributed by atoms with Crippen molar-refractivity contribution >= 4 is 0 Å². The van der Waals surface area contributed by atoms with Crippen LogP contribution >= 0.6 is 0 Å². The second-order valence-electron chi connectivity index (χ2n) is 6.20. The smallest absolute Gasteiger partial charge is 0.137 e. The van der Waals surface area contributed by atoms with Crippen molar-refractivity contribution in [2.75, 3.05) is 0 Å². The van der Waals surface area contributed by atoms with Crippen LogP contribution in [0.3, 0.4) is 0 Å². The molecule has 3 heteroatoms. The van der Waals surface area contributed by atoms with E-state index in [1.807, 2.05) is 5.06 Å². The number of hydrogen-bond donors (Lipinski definition) is 0. The lowest BCUT2D eigenvalue weighted by molar-refractivity contribution is -0.273. The molecule has 2 rings (SSSR count). The highest BCUT2D eigenvalue weighted by Gasteiger charge is 2.61. The summed E-state index contributed by atoms with van der Waals surface area (Å²) >= 11 is 0. The van der Waals surface area contributed by atoms with E-state index in [2.05, 4.69) is 26.8 Å². The van der Waals surface area contributed by atoms with Crippen LogP contribution in [0, 0.1) is 11.3 Å². The number of unbranched alkanes of at least 4 members (excludes halogenated alkanes) is 3. The number of hydrogen-bond acceptors (Lipinski definition) is 3. The zero-order valence-electron chi connectivity index (χ0n) is 11.3. The average Bonchev–Trinajstić information content (AvgIpc) is 2.48. The van der Waals surface area contributed by atoms with Gasteiger partial charge in [-0.3, -0.25) is 4.84 Å². The summed E-state index contributed by atoms with van der Waals surface area (Å²) in [6.07, 6.45) is 8.20. The Labute approximate surface area is 105 Å². The van der Waals surface area contributed by atoms with Gasteiger partial charge in [-0.1, -0.05) is 32.6 Å². The maximum atomic E-state index is 9.33. The summed E-state index contributed by atoms with van der Waals surface area (Å²) in [5.74, 6) is 0. The molecule has 3 nitrogen and oxygen atoms in total. The van der Waals surface area contributed by atoms with Crippen molar-refractivity contribution in [3.8, 4) is 6.07 Å². The molecule has 2 heterocycles. The largest absolute Gasteiger partial charge is 0.291 e. The van der Waals surface area contributed by atoms with E-state index in [1.165, 1.54) is 32.1 Å². The van der Waals surface area contributed by atoms with E-state index in [-0.39, 0.29) is 11.1 Å². The zero-order chi connectivity index (χ0) is 12.5. The molecule has 0 aromatic rings. The molecule has 0 radical (unpaired) electrons. The third-order valence-electron chi connectivity index (χ3n) is 3.99. The predicted molar refractivity (Wildman–Crippen MR) is 67.1 cm³/mol. The van der Waals surface area contributed by atoms with Crippen LogP contribution in [0.5, 0.6) is 0 Å². The third kappa shape index (κ3) is 2.34. The number of hydroxylamine groups is 2. The summed E-state index contributed by atoms with van der Waals surface area (Å²) in [6.45, 7) is 6.40. The molecular weight excluding hydrogens is 212 g/mol. The second kappa shape index (κ2) is 4.59. The fraction of sp³-hybridized carbons (Fsp3) is 0.929. The van der Waals surface area contributed by atoms with Crippen molar-refractivity contribution in [2.24, 2.45) is 0 Å². The number of nitriles is 1. The molecule has 0 spiro atoms. The summed E-state index contributed by atoms with van der Waals surface area (Å²) in [5.41, 5.74) is -0.465. The van der Waals surface area contributed by atoms with Gasteiger partial charge in [-0.25, -0.2) is 0 Å². The van der Waals surface area contributed by atoms with Crippen molar-refractivity contribution < 1.29 is 4.84 Å². The van der Waals surface area contributed by atoms with Crippen LogP contribution < -0.4 is 0 Å². The first-order valence-electron chi connectivity index (χ1n) is 6.93. The summed E-state index contributed by atoms with van der Waals surface area (Å²) in [5, 5.41) is 11.3. The van der Waals surface area contributed by atoms with Crippen LogP contribution in [0.15, 0.2) is 0 Å². The lowest BCUT2D eigenvalue weighted by atomic mass is 9.75. The third-order valence-corrected chi connectivity index (χ3v) is 3.99. The van der Waals surface area contributed by atoms with Gasteiger partial charge in [0.2, 0.25) is 0 Å². The molecule has 0 saturated carbocycles. The minimum absolute atomic E-state index is 0.159. The second-order valence-corrected chi connectivity index (χ2v) is 6.20.